The van der Waals surface area contributed by atoms with Crippen molar-refractivity contribution in [1.82, 2.24) is 5.32 Å². The van der Waals surface area contributed by atoms with Crippen molar-refractivity contribution >= 4 is 15.9 Å². The Hall–Kier alpha value is -0.450. The molecule has 0 aliphatic heterocycles. The third-order valence-electron chi connectivity index (χ3n) is 2.59. The van der Waals surface area contributed by atoms with Gasteiger partial charge in [-0.2, -0.15) is 0 Å². The van der Waals surface area contributed by atoms with E-state index >= 15 is 0 Å². The van der Waals surface area contributed by atoms with Gasteiger partial charge < -0.3 is 10.1 Å². The number of benzene rings is 1. The molecule has 0 heterocycles. The summed E-state index contributed by atoms with van der Waals surface area (Å²) in [6.45, 7) is 7.36. The van der Waals surface area contributed by atoms with Crippen LogP contribution in [0.3, 0.4) is 0 Å². The van der Waals surface area contributed by atoms with E-state index in [0.717, 1.165) is 17.4 Å². The molecule has 0 spiro atoms. The normalized spacial score (nSPS) is 13.0. The van der Waals surface area contributed by atoms with Crippen LogP contribution < -0.4 is 5.32 Å². The highest BCUT2D eigenvalue weighted by Crippen LogP contribution is 2.26. The second-order valence-corrected chi connectivity index (χ2v) is 5.38. The van der Waals surface area contributed by atoms with Crippen molar-refractivity contribution in [3.63, 3.8) is 0 Å². The van der Waals surface area contributed by atoms with Gasteiger partial charge in [0.1, 0.15) is 5.82 Å². The molecule has 102 valence electrons. The zero-order valence-corrected chi connectivity index (χ0v) is 12.8. The molecule has 0 fully saturated rings. The van der Waals surface area contributed by atoms with Crippen LogP contribution in [0.5, 0.6) is 0 Å². The van der Waals surface area contributed by atoms with Crippen LogP contribution in [0.4, 0.5) is 4.39 Å². The van der Waals surface area contributed by atoms with Crippen LogP contribution in [0.25, 0.3) is 0 Å². The van der Waals surface area contributed by atoms with E-state index in [2.05, 4.69) is 28.2 Å². The van der Waals surface area contributed by atoms with Gasteiger partial charge >= 0.3 is 0 Å². The summed E-state index contributed by atoms with van der Waals surface area (Å²) in [6, 6.07) is 4.91. The molecule has 1 unspecified atom stereocenters. The number of hydrogen-bond donors (Lipinski definition) is 1. The number of ether oxygens (including phenoxy) is 1. The van der Waals surface area contributed by atoms with Crippen molar-refractivity contribution in [2.45, 2.75) is 39.3 Å². The smallest absolute Gasteiger partial charge is 0.129 e. The average Bonchev–Trinajstić information content (AvgIpc) is 2.31. The largest absolute Gasteiger partial charge is 0.377 e. The lowest BCUT2D eigenvalue weighted by Gasteiger charge is -2.22. The molecule has 1 aromatic rings. The van der Waals surface area contributed by atoms with Gasteiger partial charge in [0.25, 0.3) is 0 Å². The van der Waals surface area contributed by atoms with Gasteiger partial charge in [0.15, 0.2) is 0 Å². The minimum atomic E-state index is -0.203. The zero-order valence-electron chi connectivity index (χ0n) is 11.2. The maximum atomic E-state index is 13.9. The first-order valence-corrected chi connectivity index (χ1v) is 7.14. The van der Waals surface area contributed by atoms with E-state index in [1.807, 2.05) is 19.9 Å². The summed E-state index contributed by atoms with van der Waals surface area (Å²) in [5.41, 5.74) is 0.645. The number of hydrogen-bond acceptors (Lipinski definition) is 2. The van der Waals surface area contributed by atoms with E-state index in [1.54, 1.807) is 6.07 Å². The Morgan fingerprint density at radius 3 is 2.67 bits per heavy atom. The van der Waals surface area contributed by atoms with Crippen LogP contribution in [0.1, 0.15) is 38.8 Å². The van der Waals surface area contributed by atoms with Crippen LogP contribution in [-0.4, -0.2) is 19.3 Å². The molecule has 1 rings (SSSR count). The van der Waals surface area contributed by atoms with Crippen LogP contribution in [0.15, 0.2) is 22.7 Å². The fraction of sp³-hybridized carbons (Fsp3) is 0.571. The summed E-state index contributed by atoms with van der Waals surface area (Å²) >= 11 is 3.41. The maximum absolute atomic E-state index is 13.9. The van der Waals surface area contributed by atoms with Gasteiger partial charge in [0, 0.05) is 10.0 Å². The summed E-state index contributed by atoms with van der Waals surface area (Å²) in [6.07, 6.45) is 1.14. The molecule has 0 amide bonds. The molecule has 1 N–H and O–H groups in total. The molecule has 0 radical (unpaired) electrons. The standard InChI is InChI=1S/C14H21BrFNO/c1-4-8-17-13(9-18-10(2)3)14-11(15)6-5-7-12(14)16/h5-7,10,13,17H,4,8-9H2,1-3H3. The van der Waals surface area contributed by atoms with Crippen LogP contribution in [0, 0.1) is 5.82 Å². The van der Waals surface area contributed by atoms with Gasteiger partial charge in [-0.15, -0.1) is 0 Å². The topological polar surface area (TPSA) is 21.3 Å². The van der Waals surface area contributed by atoms with Crippen molar-refractivity contribution in [2.24, 2.45) is 0 Å². The first-order chi connectivity index (χ1) is 8.56. The third-order valence-corrected chi connectivity index (χ3v) is 3.28. The molecular formula is C14H21BrFNO. The molecule has 0 bridgehead atoms. The maximum Gasteiger partial charge on any atom is 0.129 e. The second-order valence-electron chi connectivity index (χ2n) is 4.52. The van der Waals surface area contributed by atoms with E-state index in [1.165, 1.54) is 6.07 Å². The quantitative estimate of drug-likeness (QED) is 0.819. The van der Waals surface area contributed by atoms with Crippen molar-refractivity contribution in [1.29, 1.82) is 0 Å². The lowest BCUT2D eigenvalue weighted by molar-refractivity contribution is 0.0603. The molecule has 0 saturated carbocycles. The molecule has 0 saturated heterocycles. The molecule has 0 aliphatic carbocycles. The van der Waals surface area contributed by atoms with Crippen molar-refractivity contribution in [3.05, 3.63) is 34.1 Å². The Kier molecular flexibility index (Phi) is 6.82. The minimum absolute atomic E-state index is 0.122. The van der Waals surface area contributed by atoms with E-state index in [4.69, 9.17) is 4.74 Å². The summed E-state index contributed by atoms with van der Waals surface area (Å²) in [7, 11) is 0. The highest BCUT2D eigenvalue weighted by atomic mass is 79.9. The summed E-state index contributed by atoms with van der Waals surface area (Å²) < 4.78 is 20.3. The Balaban J connectivity index is 2.86. The molecular weight excluding hydrogens is 297 g/mol. The highest BCUT2D eigenvalue weighted by Gasteiger charge is 2.18. The van der Waals surface area contributed by atoms with Crippen LogP contribution >= 0.6 is 15.9 Å². The van der Waals surface area contributed by atoms with Gasteiger partial charge in [-0.25, -0.2) is 4.39 Å². The second kappa shape index (κ2) is 7.87. The first-order valence-electron chi connectivity index (χ1n) is 6.35. The molecule has 4 heteroatoms. The Labute approximate surface area is 117 Å². The molecule has 2 nitrogen and oxygen atoms in total. The first kappa shape index (κ1) is 15.6. The number of nitrogens with one attached hydrogen (secondary N) is 1. The molecule has 0 aromatic heterocycles. The van der Waals surface area contributed by atoms with Gasteiger partial charge in [-0.1, -0.05) is 28.9 Å². The predicted octanol–water partition coefficient (Wildman–Crippen LogP) is 4.05. The van der Waals surface area contributed by atoms with Gasteiger partial charge in [0.05, 0.1) is 18.8 Å². The number of rotatable bonds is 7. The predicted molar refractivity (Wildman–Crippen MR) is 76.2 cm³/mol. The van der Waals surface area contributed by atoms with E-state index < -0.39 is 0 Å². The summed E-state index contributed by atoms with van der Waals surface area (Å²) in [4.78, 5) is 0. The molecule has 18 heavy (non-hydrogen) atoms. The lowest BCUT2D eigenvalue weighted by Crippen LogP contribution is -2.28. The number of halogens is 2. The zero-order chi connectivity index (χ0) is 13.5. The van der Waals surface area contributed by atoms with Gasteiger partial charge in [0.2, 0.25) is 0 Å². The molecule has 1 aromatic carbocycles. The highest BCUT2D eigenvalue weighted by molar-refractivity contribution is 9.10. The van der Waals surface area contributed by atoms with Crippen molar-refractivity contribution < 1.29 is 9.13 Å². The molecule has 1 atom stereocenters. The van der Waals surface area contributed by atoms with Crippen LogP contribution in [0.2, 0.25) is 0 Å². The average molecular weight is 318 g/mol. The minimum Gasteiger partial charge on any atom is -0.377 e. The van der Waals surface area contributed by atoms with Crippen molar-refractivity contribution in [2.75, 3.05) is 13.2 Å². The fourth-order valence-electron chi connectivity index (χ4n) is 1.70. The Morgan fingerprint density at radius 2 is 2.11 bits per heavy atom. The monoisotopic (exact) mass is 317 g/mol. The Bertz CT molecular complexity index is 351. The van der Waals surface area contributed by atoms with Crippen LogP contribution in [-0.2, 0) is 4.74 Å². The van der Waals surface area contributed by atoms with E-state index in [0.29, 0.717) is 12.2 Å². The van der Waals surface area contributed by atoms with Gasteiger partial charge in [-0.3, -0.25) is 0 Å². The summed E-state index contributed by atoms with van der Waals surface area (Å²) in [5.74, 6) is -0.203. The van der Waals surface area contributed by atoms with E-state index in [-0.39, 0.29) is 18.0 Å². The van der Waals surface area contributed by atoms with E-state index in [9.17, 15) is 4.39 Å². The SMILES string of the molecule is CCCNC(COC(C)C)c1c(F)cccc1Br. The van der Waals surface area contributed by atoms with Gasteiger partial charge in [-0.05, 0) is 38.9 Å². The fourth-order valence-corrected chi connectivity index (χ4v) is 2.31. The molecule has 0 aliphatic rings. The van der Waals surface area contributed by atoms with Crippen molar-refractivity contribution in [3.8, 4) is 0 Å². The summed E-state index contributed by atoms with van der Waals surface area (Å²) in [5, 5.41) is 3.33. The Morgan fingerprint density at radius 1 is 1.39 bits per heavy atom. The lowest BCUT2D eigenvalue weighted by atomic mass is 10.1. The third kappa shape index (κ3) is 4.67.